The van der Waals surface area contributed by atoms with Gasteiger partial charge in [0.15, 0.2) is 0 Å². The van der Waals surface area contributed by atoms with Gasteiger partial charge in [-0.25, -0.2) is 10.8 Å². The van der Waals surface area contributed by atoms with Crippen LogP contribution in [0.25, 0.3) is 10.1 Å². The quantitative estimate of drug-likeness (QED) is 0.563. The normalized spacial score (nSPS) is 10.8. The zero-order chi connectivity index (χ0) is 13.2. The Balaban J connectivity index is 2.06. The second kappa shape index (κ2) is 4.83. The van der Waals surface area contributed by atoms with Crippen LogP contribution in [0.15, 0.2) is 46.8 Å². The summed E-state index contributed by atoms with van der Waals surface area (Å²) in [5.41, 5.74) is 3.42. The van der Waals surface area contributed by atoms with Gasteiger partial charge in [-0.3, -0.25) is 4.79 Å². The lowest BCUT2D eigenvalue weighted by Crippen LogP contribution is -2.21. The van der Waals surface area contributed by atoms with E-state index >= 15 is 0 Å². The number of aromatic nitrogens is 2. The van der Waals surface area contributed by atoms with Gasteiger partial charge in [0.05, 0.1) is 11.9 Å². The number of fused-ring (bicyclic) bond motifs is 1. The van der Waals surface area contributed by atoms with Gasteiger partial charge in [-0.1, -0.05) is 6.07 Å². The van der Waals surface area contributed by atoms with Crippen molar-refractivity contribution >= 4 is 27.2 Å². The minimum atomic E-state index is 0.00516. The number of rotatable bonds is 3. The van der Waals surface area contributed by atoms with Gasteiger partial charge in [0.25, 0.3) is 5.56 Å². The third-order valence-electron chi connectivity index (χ3n) is 2.96. The van der Waals surface area contributed by atoms with Crippen molar-refractivity contribution in [3.8, 4) is 0 Å². The Labute approximate surface area is 113 Å². The monoisotopic (exact) mass is 272 g/mol. The summed E-state index contributed by atoms with van der Waals surface area (Å²) in [6, 6.07) is 7.52. The third kappa shape index (κ3) is 2.11. The molecule has 0 aliphatic heterocycles. The molecule has 3 rings (SSSR count). The van der Waals surface area contributed by atoms with Crippen LogP contribution < -0.4 is 16.8 Å². The first-order valence-electron chi connectivity index (χ1n) is 5.77. The van der Waals surface area contributed by atoms with Crippen LogP contribution in [0.3, 0.4) is 0 Å². The zero-order valence-electron chi connectivity index (χ0n) is 10.0. The lowest BCUT2D eigenvalue weighted by molar-refractivity contribution is 0.766. The summed E-state index contributed by atoms with van der Waals surface area (Å²) >= 11 is 1.57. The molecule has 0 unspecified atom stereocenters. The number of hydrogen-bond acceptors (Lipinski definition) is 5. The smallest absolute Gasteiger partial charge is 0.259 e. The Kier molecular flexibility index (Phi) is 3.02. The maximum atomic E-state index is 12.3. The van der Waals surface area contributed by atoms with Crippen molar-refractivity contribution in [2.75, 3.05) is 5.43 Å². The summed E-state index contributed by atoms with van der Waals surface area (Å²) in [4.78, 5) is 16.4. The largest absolute Gasteiger partial charge is 0.310 e. The van der Waals surface area contributed by atoms with E-state index in [-0.39, 0.29) is 5.56 Å². The predicted molar refractivity (Wildman–Crippen MR) is 77.2 cm³/mol. The van der Waals surface area contributed by atoms with Crippen molar-refractivity contribution in [2.45, 2.75) is 6.54 Å². The summed E-state index contributed by atoms with van der Waals surface area (Å²) < 4.78 is 2.66. The van der Waals surface area contributed by atoms with Gasteiger partial charge in [0.2, 0.25) is 0 Å². The van der Waals surface area contributed by atoms with Gasteiger partial charge < -0.3 is 9.99 Å². The molecular formula is C13H12N4OS. The number of nitrogen functional groups attached to an aromatic ring is 1. The maximum Gasteiger partial charge on any atom is 0.259 e. The van der Waals surface area contributed by atoms with E-state index < -0.39 is 0 Å². The van der Waals surface area contributed by atoms with Crippen LogP contribution in [-0.4, -0.2) is 9.55 Å². The molecule has 0 bridgehead atoms. The molecule has 0 saturated heterocycles. The number of nitrogens with one attached hydrogen (secondary N) is 1. The van der Waals surface area contributed by atoms with Crippen molar-refractivity contribution in [1.29, 1.82) is 0 Å². The van der Waals surface area contributed by atoms with Gasteiger partial charge in [-0.15, -0.1) is 11.3 Å². The van der Waals surface area contributed by atoms with Crippen molar-refractivity contribution in [2.24, 2.45) is 5.84 Å². The van der Waals surface area contributed by atoms with E-state index in [0.717, 1.165) is 15.6 Å². The molecule has 96 valence electrons. The van der Waals surface area contributed by atoms with Crippen LogP contribution in [-0.2, 0) is 6.54 Å². The molecule has 3 aromatic rings. The molecule has 0 atom stereocenters. The Morgan fingerprint density at radius 1 is 1.37 bits per heavy atom. The first-order chi connectivity index (χ1) is 9.29. The minimum Gasteiger partial charge on any atom is -0.310 e. The van der Waals surface area contributed by atoms with Crippen molar-refractivity contribution < 1.29 is 0 Å². The Morgan fingerprint density at radius 3 is 3.11 bits per heavy atom. The molecule has 5 nitrogen and oxygen atoms in total. The zero-order valence-corrected chi connectivity index (χ0v) is 10.9. The Hall–Kier alpha value is -2.18. The highest BCUT2D eigenvalue weighted by Gasteiger charge is 2.07. The van der Waals surface area contributed by atoms with Crippen molar-refractivity contribution in [3.63, 3.8) is 0 Å². The minimum absolute atomic E-state index is 0.00516. The van der Waals surface area contributed by atoms with Crippen molar-refractivity contribution in [3.05, 3.63) is 58.0 Å². The van der Waals surface area contributed by atoms with Gasteiger partial charge >= 0.3 is 0 Å². The number of nitrogens with zero attached hydrogens (tertiary/aromatic N) is 2. The topological polar surface area (TPSA) is 72.9 Å². The fourth-order valence-corrected chi connectivity index (χ4v) is 2.78. The lowest BCUT2D eigenvalue weighted by Gasteiger charge is -2.09. The summed E-state index contributed by atoms with van der Waals surface area (Å²) in [7, 11) is 0. The van der Waals surface area contributed by atoms with Crippen LogP contribution in [0.1, 0.15) is 5.56 Å². The molecule has 3 heterocycles. The molecule has 0 amide bonds. The van der Waals surface area contributed by atoms with Crippen LogP contribution in [0.2, 0.25) is 0 Å². The number of pyridine rings is 2. The second-order valence-electron chi connectivity index (χ2n) is 4.10. The molecule has 0 aliphatic carbocycles. The standard InChI is InChI=1S/C13H12N4OS/c14-16-12-9(2-1-5-15-12)8-17-6-3-11-10(13(17)18)4-7-19-11/h1-7H,8,14H2,(H,15,16). The number of hydrogen-bond donors (Lipinski definition) is 2. The second-order valence-corrected chi connectivity index (χ2v) is 5.05. The highest BCUT2D eigenvalue weighted by molar-refractivity contribution is 7.17. The maximum absolute atomic E-state index is 12.3. The van der Waals surface area contributed by atoms with Crippen LogP contribution in [0.4, 0.5) is 5.82 Å². The van der Waals surface area contributed by atoms with E-state index in [9.17, 15) is 4.79 Å². The molecular weight excluding hydrogens is 260 g/mol. The van der Waals surface area contributed by atoms with Crippen LogP contribution >= 0.6 is 11.3 Å². The summed E-state index contributed by atoms with van der Waals surface area (Å²) in [6.07, 6.45) is 3.46. The van der Waals surface area contributed by atoms with Crippen molar-refractivity contribution in [1.82, 2.24) is 9.55 Å². The van der Waals surface area contributed by atoms with Crippen LogP contribution in [0, 0.1) is 0 Å². The third-order valence-corrected chi connectivity index (χ3v) is 3.84. The Morgan fingerprint density at radius 2 is 2.26 bits per heavy atom. The van der Waals surface area contributed by atoms with E-state index in [4.69, 9.17) is 5.84 Å². The van der Waals surface area contributed by atoms with Gasteiger partial charge in [0.1, 0.15) is 5.82 Å². The summed E-state index contributed by atoms with van der Waals surface area (Å²) in [5, 5.41) is 2.67. The predicted octanol–water partition coefficient (Wildman–Crippen LogP) is 1.79. The lowest BCUT2D eigenvalue weighted by atomic mass is 10.2. The highest BCUT2D eigenvalue weighted by atomic mass is 32.1. The molecule has 19 heavy (non-hydrogen) atoms. The first kappa shape index (κ1) is 11.9. The van der Waals surface area contributed by atoms with E-state index in [1.165, 1.54) is 0 Å². The summed E-state index contributed by atoms with van der Waals surface area (Å²) in [5.74, 6) is 6.00. The number of hydrazine groups is 1. The molecule has 0 spiro atoms. The average molecular weight is 272 g/mol. The number of thiophene rings is 1. The van der Waals surface area contributed by atoms with E-state index in [1.54, 1.807) is 28.3 Å². The first-order valence-corrected chi connectivity index (χ1v) is 6.65. The molecule has 0 aromatic carbocycles. The number of nitrogens with two attached hydrogens (primary N) is 1. The van der Waals surface area contributed by atoms with E-state index in [0.29, 0.717) is 12.4 Å². The van der Waals surface area contributed by atoms with Crippen LogP contribution in [0.5, 0.6) is 0 Å². The van der Waals surface area contributed by atoms with E-state index in [2.05, 4.69) is 10.4 Å². The molecule has 0 saturated carbocycles. The fraction of sp³-hybridized carbons (Fsp3) is 0.0769. The molecule has 6 heteroatoms. The Bertz CT molecular complexity index is 777. The summed E-state index contributed by atoms with van der Waals surface area (Å²) in [6.45, 7) is 0.442. The number of anilines is 1. The molecule has 0 radical (unpaired) electrons. The fourth-order valence-electron chi connectivity index (χ4n) is 2.01. The van der Waals surface area contributed by atoms with E-state index in [1.807, 2.05) is 29.6 Å². The van der Waals surface area contributed by atoms with Gasteiger partial charge in [-0.2, -0.15) is 0 Å². The molecule has 0 aliphatic rings. The average Bonchev–Trinajstić information content (AvgIpc) is 2.92. The molecule has 0 fully saturated rings. The SMILES string of the molecule is NNc1ncccc1Cn1ccc2sccc2c1=O. The molecule has 3 aromatic heterocycles. The van der Waals surface area contributed by atoms with Gasteiger partial charge in [0, 0.05) is 22.7 Å². The highest BCUT2D eigenvalue weighted by Crippen LogP contribution is 2.17. The van der Waals surface area contributed by atoms with Gasteiger partial charge in [-0.05, 0) is 23.6 Å². The molecule has 3 N–H and O–H groups in total.